The Morgan fingerprint density at radius 1 is 1.40 bits per heavy atom. The highest BCUT2D eigenvalue weighted by atomic mass is 16.6. The Balaban J connectivity index is 2.48. The largest absolute Gasteiger partial charge is 0.459 e. The minimum Gasteiger partial charge on any atom is -0.459 e. The van der Waals surface area contributed by atoms with E-state index in [-0.39, 0.29) is 12.1 Å². The third-order valence-electron chi connectivity index (χ3n) is 2.47. The number of aromatic nitrogens is 3. The van der Waals surface area contributed by atoms with E-state index < -0.39 is 22.8 Å². The number of hydrogen-bond donors (Lipinski definition) is 1. The first-order chi connectivity index (χ1) is 9.28. The summed E-state index contributed by atoms with van der Waals surface area (Å²) in [6, 6.07) is 3.15. The molecule has 2 aromatic rings. The Hall–Kier alpha value is -2.44. The fourth-order valence-corrected chi connectivity index (χ4v) is 1.78. The minimum atomic E-state index is -0.665. The van der Waals surface area contributed by atoms with Gasteiger partial charge in [-0.1, -0.05) is 0 Å². The Morgan fingerprint density at radius 2 is 2.10 bits per heavy atom. The van der Waals surface area contributed by atoms with Gasteiger partial charge in [0.2, 0.25) is 0 Å². The van der Waals surface area contributed by atoms with E-state index in [1.54, 1.807) is 32.9 Å². The van der Waals surface area contributed by atoms with Crippen LogP contribution in [0.5, 0.6) is 0 Å². The topological polar surface area (TPSA) is 94.0 Å². The summed E-state index contributed by atoms with van der Waals surface area (Å²) >= 11 is 0. The number of rotatable bonds is 2. The van der Waals surface area contributed by atoms with E-state index in [1.165, 1.54) is 6.20 Å². The number of esters is 1. The molecule has 0 aliphatic rings. The third-order valence-corrected chi connectivity index (χ3v) is 2.47. The highest BCUT2D eigenvalue weighted by Crippen LogP contribution is 2.09. The van der Waals surface area contributed by atoms with E-state index >= 15 is 0 Å². The highest BCUT2D eigenvalue weighted by Gasteiger charge is 2.18. The van der Waals surface area contributed by atoms with E-state index in [1.807, 2.05) is 0 Å². The molecule has 20 heavy (non-hydrogen) atoms. The molecule has 0 saturated carbocycles. The molecule has 106 valence electrons. The van der Waals surface area contributed by atoms with Gasteiger partial charge in [0.05, 0.1) is 5.52 Å². The molecule has 0 radical (unpaired) electrons. The summed E-state index contributed by atoms with van der Waals surface area (Å²) < 4.78 is 6.30. The third kappa shape index (κ3) is 2.93. The van der Waals surface area contributed by atoms with Crippen LogP contribution in [0.15, 0.2) is 27.9 Å². The number of carbonyl (C=O) groups is 1. The van der Waals surface area contributed by atoms with Crippen LogP contribution in [-0.4, -0.2) is 26.1 Å². The van der Waals surface area contributed by atoms with Gasteiger partial charge in [-0.2, -0.15) is 0 Å². The maximum atomic E-state index is 11.8. The zero-order chi connectivity index (χ0) is 14.9. The van der Waals surface area contributed by atoms with Crippen LogP contribution in [0.3, 0.4) is 0 Å². The predicted molar refractivity (Wildman–Crippen MR) is 72.5 cm³/mol. The second-order valence-electron chi connectivity index (χ2n) is 5.30. The van der Waals surface area contributed by atoms with Gasteiger partial charge in [-0.3, -0.25) is 19.1 Å². The van der Waals surface area contributed by atoms with Crippen LogP contribution in [0.1, 0.15) is 20.8 Å². The van der Waals surface area contributed by atoms with Crippen LogP contribution in [0.25, 0.3) is 11.0 Å². The van der Waals surface area contributed by atoms with Gasteiger partial charge in [0, 0.05) is 6.20 Å². The molecule has 0 spiro atoms. The van der Waals surface area contributed by atoms with Crippen LogP contribution in [0.2, 0.25) is 0 Å². The van der Waals surface area contributed by atoms with Gasteiger partial charge in [0.15, 0.2) is 5.52 Å². The average molecular weight is 277 g/mol. The summed E-state index contributed by atoms with van der Waals surface area (Å²) in [7, 11) is 0. The first-order valence-corrected chi connectivity index (χ1v) is 6.07. The number of pyridine rings is 1. The molecule has 0 aromatic carbocycles. The number of H-pyrrole nitrogens is 1. The predicted octanol–water partition coefficient (Wildman–Crippen LogP) is 0.426. The van der Waals surface area contributed by atoms with Crippen molar-refractivity contribution in [3.63, 3.8) is 0 Å². The molecular formula is C13H15N3O4. The molecule has 2 rings (SSSR count). The number of carbonyl (C=O) groups excluding carboxylic acids is 1. The highest BCUT2D eigenvalue weighted by molar-refractivity contribution is 5.76. The molecule has 0 saturated heterocycles. The van der Waals surface area contributed by atoms with Gasteiger partial charge in [0.1, 0.15) is 12.1 Å². The molecule has 0 aliphatic carbocycles. The monoisotopic (exact) mass is 277 g/mol. The van der Waals surface area contributed by atoms with Crippen molar-refractivity contribution in [1.29, 1.82) is 0 Å². The van der Waals surface area contributed by atoms with Crippen molar-refractivity contribution >= 4 is 17.0 Å². The molecule has 1 N–H and O–H groups in total. The second kappa shape index (κ2) is 4.92. The van der Waals surface area contributed by atoms with Crippen molar-refractivity contribution in [2.24, 2.45) is 0 Å². The van der Waals surface area contributed by atoms with Crippen LogP contribution < -0.4 is 11.2 Å². The zero-order valence-electron chi connectivity index (χ0n) is 11.5. The fourth-order valence-electron chi connectivity index (χ4n) is 1.78. The van der Waals surface area contributed by atoms with Gasteiger partial charge in [-0.15, -0.1) is 0 Å². The number of ether oxygens (including phenoxy) is 1. The number of hydrogen-bond acceptors (Lipinski definition) is 5. The first kappa shape index (κ1) is 14.0. The molecule has 2 heterocycles. The summed E-state index contributed by atoms with van der Waals surface area (Å²) in [6.45, 7) is 4.93. The lowest BCUT2D eigenvalue weighted by Crippen LogP contribution is -2.35. The average Bonchev–Trinajstić information content (AvgIpc) is 2.32. The molecule has 7 nitrogen and oxygen atoms in total. The van der Waals surface area contributed by atoms with Crippen molar-refractivity contribution in [2.45, 2.75) is 32.9 Å². The molecular weight excluding hydrogens is 262 g/mol. The standard InChI is InChI=1S/C13H15N3O4/c1-13(2,3)20-9(17)7-16-8-5-4-6-14-10(8)11(18)15-12(16)19/h4-6H,7H2,1-3H3,(H,15,18,19). The maximum Gasteiger partial charge on any atom is 0.329 e. The summed E-state index contributed by atoms with van der Waals surface area (Å²) in [5.74, 6) is -0.559. The van der Waals surface area contributed by atoms with Crippen molar-refractivity contribution in [3.8, 4) is 0 Å². The smallest absolute Gasteiger partial charge is 0.329 e. The number of nitrogens with one attached hydrogen (secondary N) is 1. The van der Waals surface area contributed by atoms with E-state index in [9.17, 15) is 14.4 Å². The van der Waals surface area contributed by atoms with Crippen LogP contribution in [-0.2, 0) is 16.1 Å². The van der Waals surface area contributed by atoms with Crippen molar-refractivity contribution in [1.82, 2.24) is 14.5 Å². The van der Waals surface area contributed by atoms with Crippen LogP contribution >= 0.6 is 0 Å². The lowest BCUT2D eigenvalue weighted by molar-refractivity contribution is -0.155. The molecule has 2 aromatic heterocycles. The molecule has 0 fully saturated rings. The number of fused-ring (bicyclic) bond motifs is 1. The maximum absolute atomic E-state index is 11.8. The Kier molecular flexibility index (Phi) is 3.44. The van der Waals surface area contributed by atoms with Gasteiger partial charge in [0.25, 0.3) is 5.56 Å². The lowest BCUT2D eigenvalue weighted by atomic mass is 10.2. The van der Waals surface area contributed by atoms with Gasteiger partial charge in [-0.25, -0.2) is 9.78 Å². The van der Waals surface area contributed by atoms with Crippen LogP contribution in [0.4, 0.5) is 0 Å². The van der Waals surface area contributed by atoms with Crippen LogP contribution in [0, 0.1) is 0 Å². The Morgan fingerprint density at radius 3 is 2.75 bits per heavy atom. The molecule has 0 unspecified atom stereocenters. The molecule has 7 heteroatoms. The van der Waals surface area contributed by atoms with Gasteiger partial charge >= 0.3 is 11.7 Å². The lowest BCUT2D eigenvalue weighted by Gasteiger charge is -2.20. The van der Waals surface area contributed by atoms with E-state index in [4.69, 9.17) is 4.74 Å². The molecule has 0 atom stereocenters. The summed E-state index contributed by atoms with van der Waals surface area (Å²) in [5.41, 5.74) is -1.48. The quantitative estimate of drug-likeness (QED) is 0.803. The Labute approximate surface area is 114 Å². The van der Waals surface area contributed by atoms with Crippen molar-refractivity contribution < 1.29 is 9.53 Å². The minimum absolute atomic E-state index is 0.107. The van der Waals surface area contributed by atoms with E-state index in [2.05, 4.69) is 9.97 Å². The SMILES string of the molecule is CC(C)(C)OC(=O)Cn1c(=O)[nH]c(=O)c2ncccc21. The summed E-state index contributed by atoms with van der Waals surface area (Å²) in [5, 5.41) is 0. The summed E-state index contributed by atoms with van der Waals surface area (Å²) in [4.78, 5) is 41.3. The fraction of sp³-hybridized carbons (Fsp3) is 0.385. The second-order valence-corrected chi connectivity index (χ2v) is 5.30. The van der Waals surface area contributed by atoms with Gasteiger partial charge in [-0.05, 0) is 32.9 Å². The molecule has 0 amide bonds. The Bertz CT molecular complexity index is 768. The zero-order valence-corrected chi connectivity index (χ0v) is 11.5. The molecule has 0 bridgehead atoms. The van der Waals surface area contributed by atoms with E-state index in [0.717, 1.165) is 4.57 Å². The molecule has 0 aliphatic heterocycles. The van der Waals surface area contributed by atoms with Crippen molar-refractivity contribution in [3.05, 3.63) is 39.2 Å². The normalized spacial score (nSPS) is 11.6. The van der Waals surface area contributed by atoms with E-state index in [0.29, 0.717) is 5.52 Å². The first-order valence-electron chi connectivity index (χ1n) is 6.07. The number of aromatic amines is 1. The summed E-state index contributed by atoms with van der Waals surface area (Å²) in [6.07, 6.45) is 1.44. The van der Waals surface area contributed by atoms with Crippen molar-refractivity contribution in [2.75, 3.05) is 0 Å². The number of nitrogens with zero attached hydrogens (tertiary/aromatic N) is 2. The van der Waals surface area contributed by atoms with Gasteiger partial charge < -0.3 is 4.74 Å².